The van der Waals surface area contributed by atoms with Gasteiger partial charge in [0.15, 0.2) is 0 Å². The van der Waals surface area contributed by atoms with Crippen LogP contribution in [0.25, 0.3) is 0 Å². The van der Waals surface area contributed by atoms with E-state index < -0.39 is 0 Å². The molecule has 0 saturated carbocycles. The van der Waals surface area contributed by atoms with Crippen LogP contribution in [0.5, 0.6) is 0 Å². The summed E-state index contributed by atoms with van der Waals surface area (Å²) in [6, 6.07) is 10.5. The lowest BCUT2D eigenvalue weighted by Gasteiger charge is -2.11. The summed E-state index contributed by atoms with van der Waals surface area (Å²) in [5, 5.41) is 0. The van der Waals surface area contributed by atoms with Crippen molar-refractivity contribution in [1.29, 1.82) is 0 Å². The van der Waals surface area contributed by atoms with Crippen molar-refractivity contribution in [1.82, 2.24) is 0 Å². The van der Waals surface area contributed by atoms with Crippen LogP contribution in [0, 0.1) is 13.8 Å². The lowest BCUT2D eigenvalue weighted by molar-refractivity contribution is 0.483. The Morgan fingerprint density at radius 1 is 1.12 bits per heavy atom. The highest BCUT2D eigenvalue weighted by Crippen LogP contribution is 2.13. The van der Waals surface area contributed by atoms with Crippen molar-refractivity contribution in [3.63, 3.8) is 0 Å². The number of hydrogen-bond donors (Lipinski definition) is 1. The third kappa shape index (κ3) is 3.21. The minimum absolute atomic E-state index is 0.114. The van der Waals surface area contributed by atoms with Gasteiger partial charge in [-0.05, 0) is 49.1 Å². The third-order valence-electron chi connectivity index (χ3n) is 3.11. The summed E-state index contributed by atoms with van der Waals surface area (Å²) in [4.78, 5) is 0. The molecule has 1 aromatic heterocycles. The second-order valence-corrected chi connectivity index (χ2v) is 4.67. The maximum Gasteiger partial charge on any atom is 0.105 e. The highest BCUT2D eigenvalue weighted by atomic mass is 16.3. The second kappa shape index (κ2) is 5.19. The molecule has 1 heterocycles. The van der Waals surface area contributed by atoms with Crippen LogP contribution in [-0.2, 0) is 12.8 Å². The number of furan rings is 1. The smallest absolute Gasteiger partial charge is 0.105 e. The van der Waals surface area contributed by atoms with Crippen LogP contribution in [0.1, 0.15) is 22.5 Å². The molecule has 0 aliphatic carbocycles. The zero-order valence-electron chi connectivity index (χ0n) is 10.4. The Kier molecular flexibility index (Phi) is 3.64. The molecule has 1 atom stereocenters. The zero-order chi connectivity index (χ0) is 12.3. The van der Waals surface area contributed by atoms with Crippen LogP contribution in [0.2, 0.25) is 0 Å². The maximum atomic E-state index is 6.13. The Morgan fingerprint density at radius 2 is 1.94 bits per heavy atom. The molecule has 1 unspecified atom stereocenters. The number of benzene rings is 1. The Labute approximate surface area is 102 Å². The van der Waals surface area contributed by atoms with E-state index in [2.05, 4.69) is 32.0 Å². The largest absolute Gasteiger partial charge is 0.469 e. The van der Waals surface area contributed by atoms with Gasteiger partial charge in [0, 0.05) is 12.5 Å². The summed E-state index contributed by atoms with van der Waals surface area (Å²) in [5.74, 6) is 0.960. The Bertz CT molecular complexity index is 474. The molecule has 0 spiro atoms. The van der Waals surface area contributed by atoms with E-state index in [-0.39, 0.29) is 6.04 Å². The predicted octanol–water partition coefficient (Wildman–Crippen LogP) is 3.01. The second-order valence-electron chi connectivity index (χ2n) is 4.67. The zero-order valence-corrected chi connectivity index (χ0v) is 10.4. The van der Waals surface area contributed by atoms with Gasteiger partial charge in [0.2, 0.25) is 0 Å². The topological polar surface area (TPSA) is 39.2 Å². The van der Waals surface area contributed by atoms with E-state index in [1.807, 2.05) is 12.1 Å². The fourth-order valence-corrected chi connectivity index (χ4v) is 1.99. The number of nitrogens with two attached hydrogens (primary N) is 1. The predicted molar refractivity (Wildman–Crippen MR) is 70.0 cm³/mol. The van der Waals surface area contributed by atoms with Gasteiger partial charge in [-0.1, -0.05) is 18.2 Å². The van der Waals surface area contributed by atoms with Crippen molar-refractivity contribution in [2.45, 2.75) is 32.7 Å². The van der Waals surface area contributed by atoms with Crippen molar-refractivity contribution >= 4 is 0 Å². The van der Waals surface area contributed by atoms with Gasteiger partial charge in [0.05, 0.1) is 6.26 Å². The van der Waals surface area contributed by atoms with Gasteiger partial charge in [-0.25, -0.2) is 0 Å². The molecule has 0 saturated heterocycles. The van der Waals surface area contributed by atoms with Crippen LogP contribution in [0.4, 0.5) is 0 Å². The number of aryl methyl sites for hydroxylation is 2. The van der Waals surface area contributed by atoms with E-state index in [4.69, 9.17) is 10.2 Å². The summed E-state index contributed by atoms with van der Waals surface area (Å²) >= 11 is 0. The molecule has 1 aromatic carbocycles. The van der Waals surface area contributed by atoms with Gasteiger partial charge in [-0.15, -0.1) is 0 Å². The fourth-order valence-electron chi connectivity index (χ4n) is 1.99. The van der Waals surface area contributed by atoms with Gasteiger partial charge in [0.25, 0.3) is 0 Å². The van der Waals surface area contributed by atoms with E-state index in [1.54, 1.807) is 6.26 Å². The van der Waals surface area contributed by atoms with Crippen molar-refractivity contribution in [3.8, 4) is 0 Å². The average Bonchev–Trinajstić information content (AvgIpc) is 2.76. The molecule has 2 N–H and O–H groups in total. The van der Waals surface area contributed by atoms with Gasteiger partial charge < -0.3 is 10.2 Å². The van der Waals surface area contributed by atoms with Crippen LogP contribution in [-0.4, -0.2) is 6.04 Å². The minimum Gasteiger partial charge on any atom is -0.469 e. The van der Waals surface area contributed by atoms with Crippen molar-refractivity contribution < 1.29 is 4.42 Å². The Morgan fingerprint density at radius 3 is 2.59 bits per heavy atom. The molecule has 2 heteroatoms. The van der Waals surface area contributed by atoms with Crippen LogP contribution in [0.15, 0.2) is 41.0 Å². The molecule has 0 aliphatic heterocycles. The first-order valence-electron chi connectivity index (χ1n) is 5.99. The van der Waals surface area contributed by atoms with Crippen molar-refractivity contribution in [2.75, 3.05) is 0 Å². The van der Waals surface area contributed by atoms with Gasteiger partial charge in [0.1, 0.15) is 5.76 Å². The van der Waals surface area contributed by atoms with E-state index in [0.717, 1.165) is 18.6 Å². The Balaban J connectivity index is 1.98. The molecule has 0 bridgehead atoms. The van der Waals surface area contributed by atoms with Gasteiger partial charge in [-0.2, -0.15) is 0 Å². The molecule has 2 rings (SSSR count). The third-order valence-corrected chi connectivity index (χ3v) is 3.11. The van der Waals surface area contributed by atoms with Crippen molar-refractivity contribution in [3.05, 3.63) is 59.0 Å². The average molecular weight is 229 g/mol. The first-order valence-corrected chi connectivity index (χ1v) is 5.99. The molecule has 90 valence electrons. The van der Waals surface area contributed by atoms with Crippen LogP contribution < -0.4 is 5.73 Å². The first kappa shape index (κ1) is 11.9. The highest BCUT2D eigenvalue weighted by molar-refractivity contribution is 5.30. The van der Waals surface area contributed by atoms with E-state index in [1.165, 1.54) is 16.7 Å². The minimum atomic E-state index is 0.114. The monoisotopic (exact) mass is 229 g/mol. The molecule has 2 aromatic rings. The molecule has 0 amide bonds. The van der Waals surface area contributed by atoms with E-state index >= 15 is 0 Å². The molecular formula is C15H19NO. The lowest BCUT2D eigenvalue weighted by atomic mass is 9.99. The SMILES string of the molecule is Cc1ccc(CC(N)Cc2ccco2)cc1C. The van der Waals surface area contributed by atoms with Gasteiger partial charge >= 0.3 is 0 Å². The number of rotatable bonds is 4. The molecular weight excluding hydrogens is 210 g/mol. The van der Waals surface area contributed by atoms with Gasteiger partial charge in [-0.3, -0.25) is 0 Å². The maximum absolute atomic E-state index is 6.13. The molecule has 0 fully saturated rings. The summed E-state index contributed by atoms with van der Waals surface area (Å²) in [7, 11) is 0. The van der Waals surface area contributed by atoms with Crippen LogP contribution >= 0.6 is 0 Å². The number of hydrogen-bond acceptors (Lipinski definition) is 2. The normalized spacial score (nSPS) is 12.6. The summed E-state index contributed by atoms with van der Waals surface area (Å²) < 4.78 is 5.30. The summed E-state index contributed by atoms with van der Waals surface area (Å²) in [5.41, 5.74) is 10.1. The first-order chi connectivity index (χ1) is 8.15. The standard InChI is InChI=1S/C15H19NO/c1-11-5-6-13(8-12(11)2)9-14(16)10-15-4-3-7-17-15/h3-8,14H,9-10,16H2,1-2H3. The van der Waals surface area contributed by atoms with Crippen molar-refractivity contribution in [2.24, 2.45) is 5.73 Å². The molecule has 17 heavy (non-hydrogen) atoms. The van der Waals surface area contributed by atoms with E-state index in [9.17, 15) is 0 Å². The quantitative estimate of drug-likeness (QED) is 0.875. The Hall–Kier alpha value is -1.54. The summed E-state index contributed by atoms with van der Waals surface area (Å²) in [6.07, 6.45) is 3.37. The molecule has 2 nitrogen and oxygen atoms in total. The fraction of sp³-hybridized carbons (Fsp3) is 0.333. The lowest BCUT2D eigenvalue weighted by Crippen LogP contribution is -2.25. The highest BCUT2D eigenvalue weighted by Gasteiger charge is 2.07. The summed E-state index contributed by atoms with van der Waals surface area (Å²) in [6.45, 7) is 4.26. The molecule has 0 aliphatic rings. The van der Waals surface area contributed by atoms with E-state index in [0.29, 0.717) is 0 Å². The van der Waals surface area contributed by atoms with Crippen LogP contribution in [0.3, 0.4) is 0 Å². The molecule has 0 radical (unpaired) electrons.